The number of hydrogen-bond acceptors (Lipinski definition) is 4. The van der Waals surface area contributed by atoms with Crippen LogP contribution in [0.2, 0.25) is 0 Å². The monoisotopic (exact) mass is 269 g/mol. The van der Waals surface area contributed by atoms with Gasteiger partial charge in [0.2, 0.25) is 10.0 Å². The molecule has 16 heavy (non-hydrogen) atoms. The number of nitrogens with zero attached hydrogens (tertiary/aromatic N) is 1. The fourth-order valence-electron chi connectivity index (χ4n) is 1.78. The van der Waals surface area contributed by atoms with Crippen LogP contribution in [0.5, 0.6) is 0 Å². The zero-order chi connectivity index (χ0) is 12.2. The van der Waals surface area contributed by atoms with Crippen molar-refractivity contribution in [2.45, 2.75) is 12.8 Å². The minimum absolute atomic E-state index is 0.0712. The van der Waals surface area contributed by atoms with Crippen molar-refractivity contribution in [2.24, 2.45) is 5.92 Å². The molecule has 0 aliphatic carbocycles. The number of methoxy groups -OCH3 is 1. The second-order valence-corrected chi connectivity index (χ2v) is 6.19. The molecule has 0 radical (unpaired) electrons. The fourth-order valence-corrected chi connectivity index (χ4v) is 3.63. The molecule has 1 unspecified atom stereocenters. The molecule has 1 fully saturated rings. The van der Waals surface area contributed by atoms with Crippen LogP contribution in [0.4, 0.5) is 0 Å². The lowest BCUT2D eigenvalue weighted by Crippen LogP contribution is -2.43. The van der Waals surface area contributed by atoms with E-state index in [1.807, 2.05) is 0 Å². The quantitative estimate of drug-likeness (QED) is 0.549. The second kappa shape index (κ2) is 5.84. The fraction of sp³-hybridized carbons (Fsp3) is 0.889. The molecule has 0 aromatic heterocycles. The van der Waals surface area contributed by atoms with Crippen LogP contribution in [0, 0.1) is 5.92 Å². The van der Waals surface area contributed by atoms with Gasteiger partial charge in [-0.15, -0.1) is 11.6 Å². The summed E-state index contributed by atoms with van der Waals surface area (Å²) in [5, 5.41) is 0. The van der Waals surface area contributed by atoms with E-state index in [1.165, 1.54) is 11.4 Å². The van der Waals surface area contributed by atoms with Gasteiger partial charge in [-0.05, 0) is 12.8 Å². The molecular weight excluding hydrogens is 254 g/mol. The second-order valence-electron chi connectivity index (χ2n) is 3.73. The molecule has 0 aromatic carbocycles. The number of carbonyl (C=O) groups excluding carboxylic acids is 1. The number of carbonyl (C=O) groups is 1. The Hall–Kier alpha value is -0.330. The summed E-state index contributed by atoms with van der Waals surface area (Å²) in [5.74, 6) is -0.695. The molecular formula is C9H16ClNO4S. The average Bonchev–Trinajstić information content (AvgIpc) is 2.28. The van der Waals surface area contributed by atoms with Gasteiger partial charge in [0.25, 0.3) is 0 Å². The highest BCUT2D eigenvalue weighted by atomic mass is 35.5. The SMILES string of the molecule is COC(=O)C1CCCN(S(=O)(=O)CCCl)C1. The van der Waals surface area contributed by atoms with Crippen LogP contribution >= 0.6 is 11.6 Å². The van der Waals surface area contributed by atoms with Crippen LogP contribution < -0.4 is 0 Å². The van der Waals surface area contributed by atoms with Crippen molar-refractivity contribution in [3.8, 4) is 0 Å². The van der Waals surface area contributed by atoms with Crippen LogP contribution in [-0.2, 0) is 19.6 Å². The summed E-state index contributed by atoms with van der Waals surface area (Å²) in [6.45, 7) is 0.679. The number of sulfonamides is 1. The minimum atomic E-state index is -3.31. The Morgan fingerprint density at radius 3 is 2.81 bits per heavy atom. The summed E-state index contributed by atoms with van der Waals surface area (Å²) in [6.07, 6.45) is 1.36. The molecule has 1 atom stereocenters. The van der Waals surface area contributed by atoms with E-state index in [9.17, 15) is 13.2 Å². The van der Waals surface area contributed by atoms with E-state index in [2.05, 4.69) is 4.74 Å². The van der Waals surface area contributed by atoms with Crippen LogP contribution in [0.15, 0.2) is 0 Å². The molecule has 0 N–H and O–H groups in total. The number of hydrogen-bond donors (Lipinski definition) is 0. The first-order valence-electron chi connectivity index (χ1n) is 5.13. The highest BCUT2D eigenvalue weighted by Gasteiger charge is 2.32. The molecule has 94 valence electrons. The molecule has 1 rings (SSSR count). The Morgan fingerprint density at radius 2 is 2.25 bits per heavy atom. The summed E-state index contributed by atoms with van der Waals surface area (Å²) in [4.78, 5) is 11.3. The van der Waals surface area contributed by atoms with Gasteiger partial charge in [0.15, 0.2) is 0 Å². The van der Waals surface area contributed by atoms with Crippen molar-refractivity contribution < 1.29 is 17.9 Å². The van der Waals surface area contributed by atoms with Crippen LogP contribution in [0.3, 0.4) is 0 Å². The van der Waals surface area contributed by atoms with E-state index in [0.717, 1.165) is 0 Å². The first kappa shape index (κ1) is 13.7. The van der Waals surface area contributed by atoms with Gasteiger partial charge in [0.05, 0.1) is 18.8 Å². The van der Waals surface area contributed by atoms with E-state index >= 15 is 0 Å². The Bertz CT molecular complexity index is 343. The Kier molecular flexibility index (Phi) is 5.01. The van der Waals surface area contributed by atoms with Crippen molar-refractivity contribution in [3.05, 3.63) is 0 Å². The molecule has 7 heteroatoms. The maximum absolute atomic E-state index is 11.7. The molecule has 1 heterocycles. The van der Waals surface area contributed by atoms with Crippen LogP contribution in [0.25, 0.3) is 0 Å². The zero-order valence-corrected chi connectivity index (χ0v) is 10.8. The molecule has 0 saturated carbocycles. The number of piperidine rings is 1. The Labute approximate surface area is 101 Å². The third-order valence-corrected chi connectivity index (χ3v) is 4.90. The van der Waals surface area contributed by atoms with Gasteiger partial charge < -0.3 is 4.74 Å². The predicted molar refractivity (Wildman–Crippen MR) is 60.8 cm³/mol. The summed E-state index contributed by atoms with van der Waals surface area (Å²) in [5.41, 5.74) is 0. The van der Waals surface area contributed by atoms with Crippen molar-refractivity contribution in [1.82, 2.24) is 4.31 Å². The molecule has 0 bridgehead atoms. The minimum Gasteiger partial charge on any atom is -0.469 e. The van der Waals surface area contributed by atoms with Gasteiger partial charge in [-0.1, -0.05) is 0 Å². The molecule has 0 spiro atoms. The molecule has 1 saturated heterocycles. The number of alkyl halides is 1. The standard InChI is InChI=1S/C9H16ClNO4S/c1-15-9(12)8-3-2-5-11(7-8)16(13,14)6-4-10/h8H,2-7H2,1H3. The number of esters is 1. The van der Waals surface area contributed by atoms with Gasteiger partial charge in [0.1, 0.15) is 0 Å². The lowest BCUT2D eigenvalue weighted by molar-refractivity contribution is -0.146. The van der Waals surface area contributed by atoms with Crippen molar-refractivity contribution in [2.75, 3.05) is 31.8 Å². The lowest BCUT2D eigenvalue weighted by Gasteiger charge is -2.30. The molecule has 1 aliphatic heterocycles. The lowest BCUT2D eigenvalue weighted by atomic mass is 10.0. The largest absolute Gasteiger partial charge is 0.469 e. The van der Waals surface area contributed by atoms with E-state index < -0.39 is 10.0 Å². The Balaban J connectivity index is 2.67. The molecule has 5 nitrogen and oxygen atoms in total. The van der Waals surface area contributed by atoms with E-state index in [0.29, 0.717) is 19.4 Å². The van der Waals surface area contributed by atoms with Crippen LogP contribution in [-0.4, -0.2) is 50.5 Å². The predicted octanol–water partition coefficient (Wildman–Crippen LogP) is 0.440. The number of ether oxygens (including phenoxy) is 1. The smallest absolute Gasteiger partial charge is 0.309 e. The van der Waals surface area contributed by atoms with Crippen LogP contribution in [0.1, 0.15) is 12.8 Å². The summed E-state index contributed by atoms with van der Waals surface area (Å²) in [6, 6.07) is 0. The summed E-state index contributed by atoms with van der Waals surface area (Å²) < 4.78 is 29.4. The maximum Gasteiger partial charge on any atom is 0.309 e. The first-order chi connectivity index (χ1) is 7.51. The van der Waals surface area contributed by atoms with E-state index in [1.54, 1.807) is 0 Å². The molecule has 1 aliphatic rings. The summed E-state index contributed by atoms with van der Waals surface area (Å²) in [7, 11) is -2.00. The van der Waals surface area contributed by atoms with Crippen molar-refractivity contribution >= 4 is 27.6 Å². The average molecular weight is 270 g/mol. The topological polar surface area (TPSA) is 63.7 Å². The Morgan fingerprint density at radius 1 is 1.56 bits per heavy atom. The normalized spacial score (nSPS) is 23.0. The number of halogens is 1. The van der Waals surface area contributed by atoms with Gasteiger partial charge >= 0.3 is 5.97 Å². The highest BCUT2D eigenvalue weighted by molar-refractivity contribution is 7.89. The van der Waals surface area contributed by atoms with Gasteiger partial charge in [0, 0.05) is 19.0 Å². The third kappa shape index (κ3) is 3.33. The van der Waals surface area contributed by atoms with Crippen molar-refractivity contribution in [3.63, 3.8) is 0 Å². The van der Waals surface area contributed by atoms with Gasteiger partial charge in [-0.25, -0.2) is 12.7 Å². The van der Waals surface area contributed by atoms with E-state index in [-0.39, 0.29) is 30.1 Å². The van der Waals surface area contributed by atoms with Gasteiger partial charge in [-0.3, -0.25) is 4.79 Å². The van der Waals surface area contributed by atoms with Gasteiger partial charge in [-0.2, -0.15) is 0 Å². The third-order valence-electron chi connectivity index (χ3n) is 2.65. The summed E-state index contributed by atoms with van der Waals surface area (Å²) >= 11 is 5.43. The highest BCUT2D eigenvalue weighted by Crippen LogP contribution is 2.20. The molecule has 0 amide bonds. The maximum atomic E-state index is 11.7. The van der Waals surface area contributed by atoms with Crippen molar-refractivity contribution in [1.29, 1.82) is 0 Å². The molecule has 0 aromatic rings. The number of rotatable bonds is 4. The zero-order valence-electron chi connectivity index (χ0n) is 9.19. The first-order valence-corrected chi connectivity index (χ1v) is 7.27. The van der Waals surface area contributed by atoms with E-state index in [4.69, 9.17) is 11.6 Å².